The van der Waals surface area contributed by atoms with Crippen LogP contribution >= 0.6 is 11.6 Å². The molecule has 0 radical (unpaired) electrons. The lowest BCUT2D eigenvalue weighted by atomic mass is 10.0. The third-order valence-electron chi connectivity index (χ3n) is 2.69. The molecule has 0 aliphatic rings. The Labute approximate surface area is 120 Å². The Morgan fingerprint density at radius 1 is 1.15 bits per heavy atom. The van der Waals surface area contributed by atoms with E-state index >= 15 is 0 Å². The number of nitro benzene ring substituents is 1. The second kappa shape index (κ2) is 6.00. The van der Waals surface area contributed by atoms with Crippen LogP contribution in [-0.4, -0.2) is 4.92 Å². The van der Waals surface area contributed by atoms with Crippen LogP contribution in [0.15, 0.2) is 48.5 Å². The van der Waals surface area contributed by atoms with Crippen molar-refractivity contribution < 1.29 is 4.92 Å². The first-order valence-electron chi connectivity index (χ1n) is 5.72. The molecule has 0 N–H and O–H groups in total. The van der Waals surface area contributed by atoms with E-state index in [-0.39, 0.29) is 5.69 Å². The number of halogens is 1. The largest absolute Gasteiger partial charge is 0.269 e. The van der Waals surface area contributed by atoms with Gasteiger partial charge in [0.05, 0.1) is 16.6 Å². The fourth-order valence-corrected chi connectivity index (χ4v) is 1.79. The maximum atomic E-state index is 10.6. The first kappa shape index (κ1) is 13.8. The highest BCUT2D eigenvalue weighted by Gasteiger charge is 2.06. The van der Waals surface area contributed by atoms with E-state index in [4.69, 9.17) is 11.6 Å². The van der Waals surface area contributed by atoms with Crippen LogP contribution in [0, 0.1) is 21.4 Å². The average Bonchev–Trinajstić information content (AvgIpc) is 2.47. The molecule has 5 heteroatoms. The molecule has 4 nitrogen and oxygen atoms in total. The molecule has 0 heterocycles. The minimum atomic E-state index is -0.473. The van der Waals surface area contributed by atoms with Gasteiger partial charge < -0.3 is 0 Å². The van der Waals surface area contributed by atoms with Gasteiger partial charge in [-0.25, -0.2) is 0 Å². The molecule has 2 aromatic carbocycles. The van der Waals surface area contributed by atoms with Crippen molar-refractivity contribution in [2.75, 3.05) is 0 Å². The molecule has 0 aromatic heterocycles. The summed E-state index contributed by atoms with van der Waals surface area (Å²) in [5.41, 5.74) is 1.90. The number of benzene rings is 2. The Morgan fingerprint density at radius 2 is 1.75 bits per heavy atom. The molecule has 98 valence electrons. The SMILES string of the molecule is N#CC(=Cc1ccc(Cl)cc1)c1ccc([N+](=O)[O-])cc1. The van der Waals surface area contributed by atoms with E-state index in [0.29, 0.717) is 16.2 Å². The quantitative estimate of drug-likeness (QED) is 0.365. The number of nitro groups is 1. The van der Waals surface area contributed by atoms with Crippen molar-refractivity contribution in [1.82, 2.24) is 0 Å². The van der Waals surface area contributed by atoms with Crippen molar-refractivity contribution in [3.05, 3.63) is 74.8 Å². The zero-order valence-corrected chi connectivity index (χ0v) is 11.0. The van der Waals surface area contributed by atoms with E-state index in [1.807, 2.05) is 0 Å². The fourth-order valence-electron chi connectivity index (χ4n) is 1.67. The normalized spacial score (nSPS) is 10.9. The summed E-state index contributed by atoms with van der Waals surface area (Å²) in [6.45, 7) is 0. The minimum Gasteiger partial charge on any atom is -0.258 e. The van der Waals surface area contributed by atoms with Crippen molar-refractivity contribution in [2.24, 2.45) is 0 Å². The molecule has 0 aliphatic heterocycles. The highest BCUT2D eigenvalue weighted by atomic mass is 35.5. The smallest absolute Gasteiger partial charge is 0.258 e. The summed E-state index contributed by atoms with van der Waals surface area (Å²) >= 11 is 5.80. The van der Waals surface area contributed by atoms with E-state index in [9.17, 15) is 15.4 Å². The monoisotopic (exact) mass is 284 g/mol. The van der Waals surface area contributed by atoms with E-state index in [2.05, 4.69) is 6.07 Å². The molecule has 0 fully saturated rings. The van der Waals surface area contributed by atoms with Crippen LogP contribution in [0.4, 0.5) is 5.69 Å². The highest BCUT2D eigenvalue weighted by Crippen LogP contribution is 2.21. The van der Waals surface area contributed by atoms with Crippen molar-refractivity contribution in [1.29, 1.82) is 5.26 Å². The third-order valence-corrected chi connectivity index (χ3v) is 2.94. The second-order valence-electron chi connectivity index (χ2n) is 4.03. The lowest BCUT2D eigenvalue weighted by Crippen LogP contribution is -1.88. The van der Waals surface area contributed by atoms with Gasteiger partial charge in [-0.3, -0.25) is 10.1 Å². The number of nitriles is 1. The first-order valence-corrected chi connectivity index (χ1v) is 6.10. The number of hydrogen-bond acceptors (Lipinski definition) is 3. The Hall–Kier alpha value is -2.64. The van der Waals surface area contributed by atoms with Crippen LogP contribution < -0.4 is 0 Å². The maximum Gasteiger partial charge on any atom is 0.269 e. The fraction of sp³-hybridized carbons (Fsp3) is 0. The summed E-state index contributed by atoms with van der Waals surface area (Å²) in [5.74, 6) is 0. The molecule has 0 spiro atoms. The van der Waals surface area contributed by atoms with Gasteiger partial charge in [-0.15, -0.1) is 0 Å². The molecular weight excluding hydrogens is 276 g/mol. The molecule has 20 heavy (non-hydrogen) atoms. The van der Waals surface area contributed by atoms with Gasteiger partial charge in [0.25, 0.3) is 5.69 Å². The molecule has 0 amide bonds. The van der Waals surface area contributed by atoms with Gasteiger partial charge in [0.2, 0.25) is 0 Å². The van der Waals surface area contributed by atoms with Crippen LogP contribution in [0.25, 0.3) is 11.6 Å². The highest BCUT2D eigenvalue weighted by molar-refractivity contribution is 6.30. The van der Waals surface area contributed by atoms with Crippen molar-refractivity contribution in [3.63, 3.8) is 0 Å². The van der Waals surface area contributed by atoms with E-state index in [1.54, 1.807) is 42.5 Å². The minimum absolute atomic E-state index is 0.00228. The Kier molecular flexibility index (Phi) is 4.14. The van der Waals surface area contributed by atoms with E-state index < -0.39 is 4.92 Å². The molecule has 0 aliphatic carbocycles. The standard InChI is InChI=1S/C15H9ClN2O2/c16-14-5-1-11(2-6-14)9-13(10-17)12-3-7-15(8-4-12)18(19)20/h1-9H. The number of rotatable bonds is 3. The van der Waals surface area contributed by atoms with Gasteiger partial charge in [-0.1, -0.05) is 23.7 Å². The summed E-state index contributed by atoms with van der Waals surface area (Å²) in [4.78, 5) is 10.1. The molecule has 0 saturated carbocycles. The van der Waals surface area contributed by atoms with Crippen molar-refractivity contribution in [2.45, 2.75) is 0 Å². The van der Waals surface area contributed by atoms with Gasteiger partial charge in [-0.05, 0) is 41.5 Å². The van der Waals surface area contributed by atoms with Crippen LogP contribution in [0.2, 0.25) is 5.02 Å². The first-order chi connectivity index (χ1) is 9.60. The molecule has 2 aromatic rings. The molecular formula is C15H9ClN2O2. The van der Waals surface area contributed by atoms with Crippen molar-refractivity contribution >= 4 is 28.9 Å². The van der Waals surface area contributed by atoms with Crippen LogP contribution in [0.1, 0.15) is 11.1 Å². The van der Waals surface area contributed by atoms with Crippen LogP contribution in [-0.2, 0) is 0 Å². The zero-order valence-electron chi connectivity index (χ0n) is 10.3. The summed E-state index contributed by atoms with van der Waals surface area (Å²) in [6.07, 6.45) is 1.71. The maximum absolute atomic E-state index is 10.6. The van der Waals surface area contributed by atoms with Crippen LogP contribution in [0.3, 0.4) is 0 Å². The topological polar surface area (TPSA) is 66.9 Å². The number of hydrogen-bond donors (Lipinski definition) is 0. The molecule has 2 rings (SSSR count). The Bertz CT molecular complexity index is 698. The predicted octanol–water partition coefficient (Wildman–Crippen LogP) is 4.31. The van der Waals surface area contributed by atoms with Crippen molar-refractivity contribution in [3.8, 4) is 6.07 Å². The Balaban J connectivity index is 2.35. The summed E-state index contributed by atoms with van der Waals surface area (Å²) in [5, 5.41) is 20.4. The molecule has 0 atom stereocenters. The summed E-state index contributed by atoms with van der Waals surface area (Å²) in [6, 6.07) is 15.0. The van der Waals surface area contributed by atoms with E-state index in [1.165, 1.54) is 12.1 Å². The van der Waals surface area contributed by atoms with Gasteiger partial charge in [0.1, 0.15) is 0 Å². The van der Waals surface area contributed by atoms with Gasteiger partial charge in [-0.2, -0.15) is 5.26 Å². The predicted molar refractivity (Wildman–Crippen MR) is 78.0 cm³/mol. The number of nitrogens with zero attached hydrogens (tertiary/aromatic N) is 2. The molecule has 0 saturated heterocycles. The molecule has 0 bridgehead atoms. The Morgan fingerprint density at radius 3 is 2.25 bits per heavy atom. The average molecular weight is 285 g/mol. The number of non-ortho nitro benzene ring substituents is 1. The lowest BCUT2D eigenvalue weighted by molar-refractivity contribution is -0.384. The van der Waals surface area contributed by atoms with Gasteiger partial charge >= 0.3 is 0 Å². The number of allylic oxidation sites excluding steroid dienone is 1. The lowest BCUT2D eigenvalue weighted by Gasteiger charge is -2.00. The van der Waals surface area contributed by atoms with Crippen LogP contribution in [0.5, 0.6) is 0 Å². The van der Waals surface area contributed by atoms with E-state index in [0.717, 1.165) is 5.56 Å². The summed E-state index contributed by atoms with van der Waals surface area (Å²) < 4.78 is 0. The summed E-state index contributed by atoms with van der Waals surface area (Å²) in [7, 11) is 0. The van der Waals surface area contributed by atoms with Gasteiger partial charge in [0, 0.05) is 17.2 Å². The third kappa shape index (κ3) is 3.22. The zero-order chi connectivity index (χ0) is 14.5. The second-order valence-corrected chi connectivity index (χ2v) is 4.46. The molecule has 0 unspecified atom stereocenters. The van der Waals surface area contributed by atoms with Gasteiger partial charge in [0.15, 0.2) is 0 Å².